The van der Waals surface area contributed by atoms with Gasteiger partial charge in [-0.15, -0.1) is 5.10 Å². The van der Waals surface area contributed by atoms with Gasteiger partial charge in [-0.2, -0.15) is 9.50 Å². The smallest absolute Gasteiger partial charge is 0.294 e. The maximum Gasteiger partial charge on any atom is 0.294 e. The molecule has 35 heavy (non-hydrogen) atoms. The van der Waals surface area contributed by atoms with Crippen molar-refractivity contribution in [1.82, 2.24) is 24.9 Å². The van der Waals surface area contributed by atoms with Crippen LogP contribution in [-0.2, 0) is 16.1 Å². The Morgan fingerprint density at radius 1 is 1.14 bits per heavy atom. The van der Waals surface area contributed by atoms with Gasteiger partial charge in [0.1, 0.15) is 10.6 Å². The fourth-order valence-corrected chi connectivity index (χ4v) is 5.20. The molecule has 3 N–H and O–H groups in total. The van der Waals surface area contributed by atoms with E-state index in [1.807, 2.05) is 30.3 Å². The molecule has 186 valence electrons. The lowest BCUT2D eigenvalue weighted by atomic mass is 9.69. The number of halogens is 1. The molecule has 9 nitrogen and oxygen atoms in total. The number of rotatable bonds is 8. The molecule has 0 bridgehead atoms. The first-order valence-corrected chi connectivity index (χ1v) is 12.6. The highest BCUT2D eigenvalue weighted by Gasteiger charge is 2.43. The summed E-state index contributed by atoms with van der Waals surface area (Å²) in [7, 11) is 0. The number of aromatic amines is 1. The van der Waals surface area contributed by atoms with E-state index in [4.69, 9.17) is 16.3 Å². The topological polar surface area (TPSA) is 122 Å². The van der Waals surface area contributed by atoms with Gasteiger partial charge in [0.25, 0.3) is 11.5 Å². The van der Waals surface area contributed by atoms with Crippen LogP contribution in [0.15, 0.2) is 35.1 Å². The molecular weight excluding hydrogens is 470 g/mol. The number of aromatic nitrogens is 4. The van der Waals surface area contributed by atoms with Crippen molar-refractivity contribution in [2.45, 2.75) is 63.6 Å². The minimum absolute atomic E-state index is 0.0311. The third-order valence-corrected chi connectivity index (χ3v) is 7.88. The van der Waals surface area contributed by atoms with Crippen molar-refractivity contribution < 1.29 is 14.6 Å². The average Bonchev–Trinajstić information content (AvgIpc) is 3.30. The van der Waals surface area contributed by atoms with Crippen molar-refractivity contribution in [3.05, 3.63) is 51.4 Å². The van der Waals surface area contributed by atoms with Gasteiger partial charge in [0.05, 0.1) is 18.9 Å². The number of hydrogen-bond donors (Lipinski definition) is 3. The fraction of sp³-hybridized carbons (Fsp3) is 0.520. The largest absolute Gasteiger partial charge is 0.396 e. The molecule has 0 spiro atoms. The van der Waals surface area contributed by atoms with Gasteiger partial charge in [0, 0.05) is 17.5 Å². The maximum atomic E-state index is 13.3. The second-order valence-corrected chi connectivity index (χ2v) is 10.2. The van der Waals surface area contributed by atoms with Crippen LogP contribution in [0.3, 0.4) is 0 Å². The summed E-state index contributed by atoms with van der Waals surface area (Å²) in [4.78, 5) is 33.7. The lowest BCUT2D eigenvalue weighted by Gasteiger charge is -2.42. The van der Waals surface area contributed by atoms with Gasteiger partial charge >= 0.3 is 0 Å². The second-order valence-electron chi connectivity index (χ2n) is 9.80. The molecule has 2 heterocycles. The third-order valence-electron chi connectivity index (χ3n) is 7.49. The summed E-state index contributed by atoms with van der Waals surface area (Å²) in [6.07, 6.45) is 6.90. The molecule has 0 radical (unpaired) electrons. The quantitative estimate of drug-likeness (QED) is 0.437. The normalized spacial score (nSPS) is 18.8. The Bertz CT molecular complexity index is 1260. The van der Waals surface area contributed by atoms with Gasteiger partial charge in [-0.3, -0.25) is 9.59 Å². The number of H-pyrrole nitrogens is 1. The van der Waals surface area contributed by atoms with Gasteiger partial charge < -0.3 is 20.1 Å². The second kappa shape index (κ2) is 9.72. The number of amides is 1. The molecule has 2 aromatic heterocycles. The lowest BCUT2D eigenvalue weighted by molar-refractivity contribution is -0.155. The highest BCUT2D eigenvalue weighted by atomic mass is 35.5. The molecule has 0 aliphatic heterocycles. The fourth-order valence-electron chi connectivity index (χ4n) is 5.02. The number of nitrogens with one attached hydrogen (secondary N) is 2. The Kier molecular flexibility index (Phi) is 6.65. The standard InChI is InChI=1S/C25H30ClN5O4/c26-19-18(28-23-29-20(30-31(23)21(19)33)17-8-3-1-4-9-17)14-35-25(12-5-2-6-13-25)22(34)27-15-24(16-32)10-7-11-24/h1,3-4,8-9,32H,2,5-7,10-16H2,(H,27,34)(H,28,29,30). The molecule has 2 fully saturated rings. The van der Waals surface area contributed by atoms with Crippen LogP contribution in [0.1, 0.15) is 57.1 Å². The van der Waals surface area contributed by atoms with Crippen LogP contribution in [0.25, 0.3) is 17.2 Å². The summed E-state index contributed by atoms with van der Waals surface area (Å²) in [5, 5.41) is 17.1. The molecule has 0 unspecified atom stereocenters. The Hall–Kier alpha value is -2.75. The number of carbonyl (C=O) groups is 1. The van der Waals surface area contributed by atoms with Gasteiger partial charge in [0.2, 0.25) is 5.78 Å². The van der Waals surface area contributed by atoms with Crippen molar-refractivity contribution in [2.24, 2.45) is 5.41 Å². The maximum absolute atomic E-state index is 13.3. The van der Waals surface area contributed by atoms with Crippen LogP contribution >= 0.6 is 11.6 Å². The highest BCUT2D eigenvalue weighted by molar-refractivity contribution is 6.31. The summed E-state index contributed by atoms with van der Waals surface area (Å²) >= 11 is 6.40. The molecule has 0 saturated heterocycles. The van der Waals surface area contributed by atoms with E-state index in [2.05, 4.69) is 20.4 Å². The Labute approximate surface area is 207 Å². The number of aliphatic hydroxyl groups is 1. The van der Waals surface area contributed by atoms with E-state index in [1.54, 1.807) is 0 Å². The third kappa shape index (κ3) is 4.60. The monoisotopic (exact) mass is 499 g/mol. The summed E-state index contributed by atoms with van der Waals surface area (Å²) in [5.41, 5.74) is -0.559. The van der Waals surface area contributed by atoms with Crippen molar-refractivity contribution in [3.8, 4) is 11.4 Å². The van der Waals surface area contributed by atoms with E-state index in [0.717, 1.165) is 48.6 Å². The van der Waals surface area contributed by atoms with Gasteiger partial charge in [-0.05, 0) is 25.7 Å². The molecule has 2 aliphatic carbocycles. The van der Waals surface area contributed by atoms with E-state index in [-0.39, 0.29) is 35.3 Å². The number of fused-ring (bicyclic) bond motifs is 1. The number of benzene rings is 1. The molecule has 2 aliphatic rings. The number of aliphatic hydroxyl groups excluding tert-OH is 1. The highest BCUT2D eigenvalue weighted by Crippen LogP contribution is 2.40. The number of ether oxygens (including phenoxy) is 1. The van der Waals surface area contributed by atoms with Crippen molar-refractivity contribution >= 4 is 23.3 Å². The first-order chi connectivity index (χ1) is 17.0. The van der Waals surface area contributed by atoms with Crippen LogP contribution in [0.5, 0.6) is 0 Å². The van der Waals surface area contributed by atoms with Crippen LogP contribution in [0.2, 0.25) is 5.02 Å². The zero-order chi connectivity index (χ0) is 24.5. The van der Waals surface area contributed by atoms with Crippen LogP contribution in [0, 0.1) is 5.41 Å². The molecule has 5 rings (SSSR count). The molecule has 10 heteroatoms. The summed E-state index contributed by atoms with van der Waals surface area (Å²) in [6.45, 7) is 0.483. The predicted molar refractivity (Wildman–Crippen MR) is 131 cm³/mol. The van der Waals surface area contributed by atoms with Crippen LogP contribution in [-0.4, -0.2) is 49.3 Å². The molecule has 0 atom stereocenters. The van der Waals surface area contributed by atoms with Gasteiger partial charge in [-0.1, -0.05) is 67.6 Å². The van der Waals surface area contributed by atoms with Gasteiger partial charge in [0.15, 0.2) is 5.82 Å². The van der Waals surface area contributed by atoms with Gasteiger partial charge in [-0.25, -0.2) is 0 Å². The van der Waals surface area contributed by atoms with E-state index >= 15 is 0 Å². The number of carbonyl (C=O) groups excluding carboxylic acids is 1. The first kappa shape index (κ1) is 24.0. The minimum Gasteiger partial charge on any atom is -0.396 e. The van der Waals surface area contributed by atoms with Crippen LogP contribution < -0.4 is 10.9 Å². The first-order valence-electron chi connectivity index (χ1n) is 12.2. The van der Waals surface area contributed by atoms with E-state index < -0.39 is 11.2 Å². The predicted octanol–water partition coefficient (Wildman–Crippen LogP) is 3.24. The van der Waals surface area contributed by atoms with Crippen LogP contribution in [0.4, 0.5) is 0 Å². The van der Waals surface area contributed by atoms with E-state index in [1.165, 1.54) is 0 Å². The minimum atomic E-state index is -0.992. The zero-order valence-corrected chi connectivity index (χ0v) is 20.3. The molecule has 1 aromatic carbocycles. The summed E-state index contributed by atoms with van der Waals surface area (Å²) in [5.74, 6) is 0.504. The SMILES string of the molecule is O=C(NCC1(CO)CCC1)C1(OCc2[nH]c3nc(-c4ccccc4)nn3c(=O)c2Cl)CCCCC1. The van der Waals surface area contributed by atoms with Crippen molar-refractivity contribution in [2.75, 3.05) is 13.2 Å². The van der Waals surface area contributed by atoms with E-state index in [0.29, 0.717) is 30.9 Å². The Balaban J connectivity index is 1.37. The van der Waals surface area contributed by atoms with E-state index in [9.17, 15) is 14.7 Å². The summed E-state index contributed by atoms with van der Waals surface area (Å²) in [6, 6.07) is 9.36. The van der Waals surface area contributed by atoms with Crippen molar-refractivity contribution in [1.29, 1.82) is 0 Å². The molecule has 1 amide bonds. The number of hydrogen-bond acceptors (Lipinski definition) is 6. The molecule has 3 aromatic rings. The zero-order valence-electron chi connectivity index (χ0n) is 19.6. The molecule has 2 saturated carbocycles. The number of nitrogens with zero attached hydrogens (tertiary/aromatic N) is 3. The molecular formula is C25H30ClN5O4. The van der Waals surface area contributed by atoms with Crippen molar-refractivity contribution in [3.63, 3.8) is 0 Å². The summed E-state index contributed by atoms with van der Waals surface area (Å²) < 4.78 is 7.40. The Morgan fingerprint density at radius 2 is 1.89 bits per heavy atom. The lowest BCUT2D eigenvalue weighted by Crippen LogP contribution is -2.54. The average molecular weight is 500 g/mol. The Morgan fingerprint density at radius 3 is 2.54 bits per heavy atom.